The number of Topliss-reactive ketones (excluding diaryl/α,β-unsaturated/α-hetero) is 1. The number of hydrogen-bond donors (Lipinski definition) is 3. The number of phenols is 2. The van der Waals surface area contributed by atoms with Gasteiger partial charge in [-0.15, -0.1) is 0 Å². The van der Waals surface area contributed by atoms with Crippen molar-refractivity contribution in [2.75, 3.05) is 0 Å². The first-order valence-corrected chi connectivity index (χ1v) is 7.86. The normalized spacial score (nSPS) is 15.9. The van der Waals surface area contributed by atoms with E-state index in [1.165, 1.54) is 6.92 Å². The van der Waals surface area contributed by atoms with Crippen LogP contribution in [0.15, 0.2) is 35.4 Å². The topological polar surface area (TPSA) is 112 Å². The van der Waals surface area contributed by atoms with Gasteiger partial charge in [0, 0.05) is 11.5 Å². The lowest BCUT2D eigenvalue weighted by atomic mass is 9.76. The van der Waals surface area contributed by atoms with Crippen LogP contribution in [0.3, 0.4) is 0 Å². The molecule has 0 heterocycles. The number of fused-ring (bicyclic) bond motifs is 1. The molecule has 0 amide bonds. The quantitative estimate of drug-likeness (QED) is 0.559. The van der Waals surface area contributed by atoms with Gasteiger partial charge < -0.3 is 15.3 Å². The lowest BCUT2D eigenvalue weighted by Crippen LogP contribution is -2.29. The van der Waals surface area contributed by atoms with Crippen molar-refractivity contribution < 1.29 is 29.7 Å². The van der Waals surface area contributed by atoms with Gasteiger partial charge in [-0.1, -0.05) is 18.6 Å². The fourth-order valence-corrected chi connectivity index (χ4v) is 2.89. The van der Waals surface area contributed by atoms with Crippen LogP contribution in [0, 0.1) is 11.8 Å². The zero-order valence-corrected chi connectivity index (χ0v) is 14.2. The number of carboxylic acid groups (broad SMARTS) is 1. The molecule has 1 aromatic rings. The van der Waals surface area contributed by atoms with Crippen molar-refractivity contribution in [3.05, 3.63) is 46.6 Å². The molecular formula is C19H20O6. The Labute approximate surface area is 145 Å². The number of allylic oxidation sites excluding steroid dienone is 4. The van der Waals surface area contributed by atoms with Gasteiger partial charge in [0.25, 0.3) is 0 Å². The molecule has 132 valence electrons. The van der Waals surface area contributed by atoms with Crippen molar-refractivity contribution in [1.82, 2.24) is 0 Å². The summed E-state index contributed by atoms with van der Waals surface area (Å²) in [7, 11) is 0. The Morgan fingerprint density at radius 2 is 1.68 bits per heavy atom. The van der Waals surface area contributed by atoms with E-state index in [-0.39, 0.29) is 23.1 Å². The van der Waals surface area contributed by atoms with E-state index in [0.717, 1.165) is 23.8 Å². The molecule has 0 radical (unpaired) electrons. The molecule has 1 aliphatic rings. The standard InChI is InChI=1S/C19H20O6/c1-9(2)4-5-11(10(3)19(24)25)12-8-15(22)16-13(20)6-7-14(21)17(16)18(12)23/h4,6-8,10-11,20-21H,5H2,1-3H3,(H,24,25)/t10?,11-/m1/s1. The van der Waals surface area contributed by atoms with Gasteiger partial charge in [0.1, 0.15) is 11.5 Å². The van der Waals surface area contributed by atoms with Crippen molar-refractivity contribution in [2.45, 2.75) is 27.2 Å². The molecule has 0 saturated carbocycles. The number of carboxylic acids is 1. The highest BCUT2D eigenvalue weighted by atomic mass is 16.4. The van der Waals surface area contributed by atoms with E-state index in [9.17, 15) is 29.7 Å². The van der Waals surface area contributed by atoms with Gasteiger partial charge in [0.05, 0.1) is 17.0 Å². The number of carbonyl (C=O) groups is 3. The minimum atomic E-state index is -1.08. The molecule has 1 aromatic carbocycles. The van der Waals surface area contributed by atoms with Gasteiger partial charge in [-0.3, -0.25) is 14.4 Å². The van der Waals surface area contributed by atoms with E-state index in [1.807, 2.05) is 13.8 Å². The summed E-state index contributed by atoms with van der Waals surface area (Å²) in [5.41, 5.74) is 0.462. The van der Waals surface area contributed by atoms with Crippen molar-refractivity contribution in [3.8, 4) is 11.5 Å². The van der Waals surface area contributed by atoms with Crippen LogP contribution in [0.2, 0.25) is 0 Å². The van der Waals surface area contributed by atoms with Crippen LogP contribution in [0.25, 0.3) is 0 Å². The summed E-state index contributed by atoms with van der Waals surface area (Å²) in [6.45, 7) is 5.18. The predicted octanol–water partition coefficient (Wildman–Crippen LogP) is 3.10. The van der Waals surface area contributed by atoms with Gasteiger partial charge in [0.2, 0.25) is 0 Å². The number of aromatic hydroxyl groups is 2. The number of hydrogen-bond acceptors (Lipinski definition) is 5. The molecule has 0 bridgehead atoms. The number of benzene rings is 1. The average Bonchev–Trinajstić information content (AvgIpc) is 2.53. The largest absolute Gasteiger partial charge is 0.507 e. The Balaban J connectivity index is 2.58. The van der Waals surface area contributed by atoms with E-state index in [1.54, 1.807) is 6.08 Å². The van der Waals surface area contributed by atoms with Crippen molar-refractivity contribution in [3.63, 3.8) is 0 Å². The first-order chi connectivity index (χ1) is 11.6. The highest BCUT2D eigenvalue weighted by Gasteiger charge is 2.37. The Morgan fingerprint density at radius 3 is 2.20 bits per heavy atom. The van der Waals surface area contributed by atoms with E-state index in [4.69, 9.17) is 0 Å². The monoisotopic (exact) mass is 344 g/mol. The molecule has 2 atom stereocenters. The Hall–Kier alpha value is -2.89. The SMILES string of the molecule is CC(C)=CC[C@@H](C1=CC(=O)c2c(O)ccc(O)c2C1=O)C(C)C(=O)O. The van der Waals surface area contributed by atoms with E-state index in [2.05, 4.69) is 0 Å². The zero-order valence-electron chi connectivity index (χ0n) is 14.2. The second-order valence-corrected chi connectivity index (χ2v) is 6.40. The molecule has 3 N–H and O–H groups in total. The summed E-state index contributed by atoms with van der Waals surface area (Å²) in [6, 6.07) is 2.27. The maximum absolute atomic E-state index is 12.8. The predicted molar refractivity (Wildman–Crippen MR) is 90.9 cm³/mol. The maximum atomic E-state index is 12.8. The van der Waals surface area contributed by atoms with Crippen LogP contribution < -0.4 is 0 Å². The second kappa shape index (κ2) is 6.93. The van der Waals surface area contributed by atoms with Crippen LogP contribution in [0.1, 0.15) is 47.9 Å². The molecule has 0 aromatic heterocycles. The van der Waals surface area contributed by atoms with Crippen LogP contribution >= 0.6 is 0 Å². The Bertz CT molecular complexity index is 811. The Morgan fingerprint density at radius 1 is 1.12 bits per heavy atom. The minimum absolute atomic E-state index is 0.0331. The van der Waals surface area contributed by atoms with Crippen molar-refractivity contribution in [2.24, 2.45) is 11.8 Å². The second-order valence-electron chi connectivity index (χ2n) is 6.40. The molecular weight excluding hydrogens is 324 g/mol. The maximum Gasteiger partial charge on any atom is 0.306 e. The first-order valence-electron chi connectivity index (χ1n) is 7.86. The lowest BCUT2D eigenvalue weighted by molar-refractivity contribution is -0.142. The summed E-state index contributed by atoms with van der Waals surface area (Å²) < 4.78 is 0. The molecule has 0 aliphatic heterocycles. The summed E-state index contributed by atoms with van der Waals surface area (Å²) in [6.07, 6.45) is 3.16. The fourth-order valence-electron chi connectivity index (χ4n) is 2.89. The van der Waals surface area contributed by atoms with Crippen LogP contribution in [0.4, 0.5) is 0 Å². The Kier molecular flexibility index (Phi) is 5.11. The number of ketones is 2. The molecule has 1 unspecified atom stereocenters. The third kappa shape index (κ3) is 3.47. The number of carbonyl (C=O) groups excluding carboxylic acids is 2. The highest BCUT2D eigenvalue weighted by molar-refractivity contribution is 6.26. The summed E-state index contributed by atoms with van der Waals surface area (Å²) in [5.74, 6) is -4.78. The molecule has 0 spiro atoms. The molecule has 0 saturated heterocycles. The highest BCUT2D eigenvalue weighted by Crippen LogP contribution is 2.39. The molecule has 6 nitrogen and oxygen atoms in total. The van der Waals surface area contributed by atoms with Crippen molar-refractivity contribution in [1.29, 1.82) is 0 Å². The fraction of sp³-hybridized carbons (Fsp3) is 0.316. The van der Waals surface area contributed by atoms with E-state index < -0.39 is 40.9 Å². The molecule has 0 fully saturated rings. The number of rotatable bonds is 5. The number of aliphatic carboxylic acids is 1. The average molecular weight is 344 g/mol. The molecule has 2 rings (SSSR count). The smallest absolute Gasteiger partial charge is 0.306 e. The third-order valence-corrected chi connectivity index (χ3v) is 4.36. The third-order valence-electron chi connectivity index (χ3n) is 4.36. The van der Waals surface area contributed by atoms with Gasteiger partial charge in [-0.25, -0.2) is 0 Å². The minimum Gasteiger partial charge on any atom is -0.507 e. The molecule has 6 heteroatoms. The molecule has 1 aliphatic carbocycles. The van der Waals surface area contributed by atoms with E-state index >= 15 is 0 Å². The van der Waals surface area contributed by atoms with E-state index in [0.29, 0.717) is 0 Å². The van der Waals surface area contributed by atoms with Crippen LogP contribution in [0.5, 0.6) is 11.5 Å². The van der Waals surface area contributed by atoms with Crippen LogP contribution in [-0.2, 0) is 4.79 Å². The van der Waals surface area contributed by atoms with Gasteiger partial charge in [-0.05, 0) is 38.5 Å². The summed E-state index contributed by atoms with van der Waals surface area (Å²) in [5, 5.41) is 29.2. The van der Waals surface area contributed by atoms with Crippen molar-refractivity contribution >= 4 is 17.5 Å². The van der Waals surface area contributed by atoms with Gasteiger partial charge >= 0.3 is 5.97 Å². The first kappa shape index (κ1) is 18.4. The van der Waals surface area contributed by atoms with Gasteiger partial charge in [0.15, 0.2) is 11.6 Å². The molecule has 25 heavy (non-hydrogen) atoms. The summed E-state index contributed by atoms with van der Waals surface area (Å²) >= 11 is 0. The zero-order chi connectivity index (χ0) is 18.9. The van der Waals surface area contributed by atoms with Crippen LogP contribution in [-0.4, -0.2) is 32.9 Å². The van der Waals surface area contributed by atoms with Gasteiger partial charge in [-0.2, -0.15) is 0 Å². The number of phenolic OH excluding ortho intramolecular Hbond substituents is 2. The summed E-state index contributed by atoms with van der Waals surface area (Å²) in [4.78, 5) is 36.7. The lowest BCUT2D eigenvalue weighted by Gasteiger charge is -2.26.